The van der Waals surface area contributed by atoms with Crippen molar-refractivity contribution in [1.29, 1.82) is 0 Å². The van der Waals surface area contributed by atoms with E-state index in [9.17, 15) is 13.6 Å². The molecule has 1 aliphatic carbocycles. The minimum absolute atomic E-state index is 0.0663. The summed E-state index contributed by atoms with van der Waals surface area (Å²) in [5, 5.41) is 2.82. The lowest BCUT2D eigenvalue weighted by molar-refractivity contribution is -0.120. The topological polar surface area (TPSA) is 29.1 Å². The van der Waals surface area contributed by atoms with Gasteiger partial charge >= 0.3 is 0 Å². The lowest BCUT2D eigenvalue weighted by atomic mass is 10.1. The van der Waals surface area contributed by atoms with Crippen LogP contribution in [0.2, 0.25) is 0 Å². The Morgan fingerprint density at radius 1 is 1.35 bits per heavy atom. The fraction of sp³-hybridized carbons (Fsp3) is 0.533. The van der Waals surface area contributed by atoms with Crippen LogP contribution in [-0.4, -0.2) is 17.0 Å². The van der Waals surface area contributed by atoms with Gasteiger partial charge in [-0.1, -0.05) is 18.6 Å². The second-order valence-corrected chi connectivity index (χ2v) is 6.63. The molecule has 2 rings (SSSR count). The SMILES string of the molecule is O=C(Cc1ccc(F)cc1)NCCCCC1CC1(F)Br. The van der Waals surface area contributed by atoms with Crippen molar-refractivity contribution in [1.82, 2.24) is 5.32 Å². The highest BCUT2D eigenvalue weighted by molar-refractivity contribution is 9.10. The van der Waals surface area contributed by atoms with E-state index in [2.05, 4.69) is 21.2 Å². The Hall–Kier alpha value is -0.970. The molecule has 1 fully saturated rings. The molecule has 2 unspecified atom stereocenters. The van der Waals surface area contributed by atoms with Crippen LogP contribution in [0.15, 0.2) is 24.3 Å². The molecule has 1 aliphatic rings. The Kier molecular flexibility index (Phi) is 5.13. The molecule has 2 atom stereocenters. The molecule has 1 aromatic carbocycles. The van der Waals surface area contributed by atoms with Crippen LogP contribution in [0, 0.1) is 11.7 Å². The van der Waals surface area contributed by atoms with Crippen LogP contribution in [0.5, 0.6) is 0 Å². The number of alkyl halides is 2. The molecular weight excluding hydrogens is 328 g/mol. The maximum absolute atomic E-state index is 13.2. The number of benzene rings is 1. The third kappa shape index (κ3) is 4.85. The van der Waals surface area contributed by atoms with Gasteiger partial charge in [0.15, 0.2) is 4.58 Å². The molecule has 2 nitrogen and oxygen atoms in total. The van der Waals surface area contributed by atoms with Crippen molar-refractivity contribution < 1.29 is 13.6 Å². The summed E-state index contributed by atoms with van der Waals surface area (Å²) >= 11 is 3.02. The Morgan fingerprint density at radius 3 is 2.60 bits per heavy atom. The first-order valence-corrected chi connectivity index (χ1v) is 7.65. The van der Waals surface area contributed by atoms with Gasteiger partial charge in [-0.2, -0.15) is 0 Å². The summed E-state index contributed by atoms with van der Waals surface area (Å²) in [6, 6.07) is 5.92. The van der Waals surface area contributed by atoms with Crippen LogP contribution >= 0.6 is 15.9 Å². The molecule has 0 spiro atoms. The summed E-state index contributed by atoms with van der Waals surface area (Å²) in [6.07, 6.45) is 3.49. The minimum Gasteiger partial charge on any atom is -0.356 e. The Morgan fingerprint density at radius 2 is 2.00 bits per heavy atom. The summed E-state index contributed by atoms with van der Waals surface area (Å²) in [7, 11) is 0. The van der Waals surface area contributed by atoms with Crippen molar-refractivity contribution in [2.75, 3.05) is 6.54 Å². The Bertz CT molecular complexity index is 461. The molecule has 110 valence electrons. The first-order valence-electron chi connectivity index (χ1n) is 6.86. The van der Waals surface area contributed by atoms with Gasteiger partial charge < -0.3 is 5.32 Å². The Balaban J connectivity index is 1.55. The molecule has 20 heavy (non-hydrogen) atoms. The van der Waals surface area contributed by atoms with E-state index in [0.29, 0.717) is 13.0 Å². The maximum Gasteiger partial charge on any atom is 0.224 e. The molecule has 0 aliphatic heterocycles. The summed E-state index contributed by atoms with van der Waals surface area (Å²) in [5.74, 6) is -0.231. The number of hydrogen-bond acceptors (Lipinski definition) is 1. The molecule has 0 bridgehead atoms. The van der Waals surface area contributed by atoms with Gasteiger partial charge in [-0.3, -0.25) is 4.79 Å². The van der Waals surface area contributed by atoms with Crippen LogP contribution in [0.4, 0.5) is 8.78 Å². The molecule has 1 N–H and O–H groups in total. The van der Waals surface area contributed by atoms with E-state index in [0.717, 1.165) is 24.8 Å². The molecule has 0 aromatic heterocycles. The lowest BCUT2D eigenvalue weighted by Gasteiger charge is -2.05. The molecular formula is C15H18BrF2NO. The zero-order valence-corrected chi connectivity index (χ0v) is 12.8. The normalized spacial score (nSPS) is 24.4. The number of nitrogens with one attached hydrogen (secondary N) is 1. The average molecular weight is 346 g/mol. The number of hydrogen-bond donors (Lipinski definition) is 1. The predicted molar refractivity (Wildman–Crippen MR) is 77.8 cm³/mol. The lowest BCUT2D eigenvalue weighted by Crippen LogP contribution is -2.26. The van der Waals surface area contributed by atoms with Crippen LogP contribution in [-0.2, 0) is 11.2 Å². The van der Waals surface area contributed by atoms with Crippen LogP contribution in [0.1, 0.15) is 31.2 Å². The maximum atomic E-state index is 13.2. The van der Waals surface area contributed by atoms with Gasteiger partial charge in [0.05, 0.1) is 6.42 Å². The highest BCUT2D eigenvalue weighted by atomic mass is 79.9. The van der Waals surface area contributed by atoms with Gasteiger partial charge in [0.25, 0.3) is 0 Å². The molecule has 5 heteroatoms. The van der Waals surface area contributed by atoms with E-state index < -0.39 is 4.58 Å². The standard InChI is InChI=1S/C15H18BrF2NO/c16-15(18)10-12(15)3-1-2-8-19-14(20)9-11-4-6-13(17)7-5-11/h4-7,12H,1-3,8-10H2,(H,19,20). The second kappa shape index (κ2) is 6.66. The number of carbonyl (C=O) groups excluding carboxylic acids is 1. The number of rotatable bonds is 7. The zero-order valence-electron chi connectivity index (χ0n) is 11.2. The van der Waals surface area contributed by atoms with Gasteiger partial charge in [0, 0.05) is 12.5 Å². The van der Waals surface area contributed by atoms with Gasteiger partial charge in [0.1, 0.15) is 5.82 Å². The first-order chi connectivity index (χ1) is 9.47. The molecule has 1 amide bonds. The van der Waals surface area contributed by atoms with Crippen molar-refractivity contribution in [2.45, 2.75) is 36.7 Å². The number of unbranched alkanes of at least 4 members (excludes halogenated alkanes) is 1. The molecule has 1 aromatic rings. The van der Waals surface area contributed by atoms with Crippen molar-refractivity contribution in [3.63, 3.8) is 0 Å². The molecule has 0 radical (unpaired) electrons. The monoisotopic (exact) mass is 345 g/mol. The number of carbonyl (C=O) groups is 1. The summed E-state index contributed by atoms with van der Waals surface area (Å²) in [6.45, 7) is 0.605. The molecule has 1 saturated carbocycles. The average Bonchev–Trinajstić information content (AvgIpc) is 2.99. The summed E-state index contributed by atoms with van der Waals surface area (Å²) < 4.78 is 24.8. The third-order valence-electron chi connectivity index (χ3n) is 3.54. The number of halogens is 3. The largest absolute Gasteiger partial charge is 0.356 e. The quantitative estimate of drug-likeness (QED) is 0.592. The summed E-state index contributed by atoms with van der Waals surface area (Å²) in [4.78, 5) is 11.6. The van der Waals surface area contributed by atoms with Crippen molar-refractivity contribution >= 4 is 21.8 Å². The number of amides is 1. The van der Waals surface area contributed by atoms with E-state index in [1.165, 1.54) is 12.1 Å². The van der Waals surface area contributed by atoms with Crippen LogP contribution in [0.25, 0.3) is 0 Å². The highest BCUT2D eigenvalue weighted by Crippen LogP contribution is 2.54. The Labute approximate surface area is 126 Å². The van der Waals surface area contributed by atoms with E-state index in [4.69, 9.17) is 0 Å². The van der Waals surface area contributed by atoms with Crippen molar-refractivity contribution in [3.8, 4) is 0 Å². The highest BCUT2D eigenvalue weighted by Gasteiger charge is 2.52. The fourth-order valence-corrected chi connectivity index (χ4v) is 2.80. The van der Waals surface area contributed by atoms with E-state index >= 15 is 0 Å². The van der Waals surface area contributed by atoms with Crippen LogP contribution < -0.4 is 5.32 Å². The van der Waals surface area contributed by atoms with E-state index in [1.54, 1.807) is 12.1 Å². The predicted octanol–water partition coefficient (Wildman–Crippen LogP) is 3.74. The molecule has 0 heterocycles. The van der Waals surface area contributed by atoms with Gasteiger partial charge in [-0.15, -0.1) is 0 Å². The molecule has 0 saturated heterocycles. The smallest absolute Gasteiger partial charge is 0.224 e. The van der Waals surface area contributed by atoms with Crippen molar-refractivity contribution in [2.24, 2.45) is 5.92 Å². The van der Waals surface area contributed by atoms with Gasteiger partial charge in [0.2, 0.25) is 5.91 Å². The van der Waals surface area contributed by atoms with Crippen molar-refractivity contribution in [3.05, 3.63) is 35.6 Å². The minimum atomic E-state index is -1.13. The second-order valence-electron chi connectivity index (χ2n) is 5.31. The van der Waals surface area contributed by atoms with E-state index in [1.807, 2.05) is 0 Å². The third-order valence-corrected chi connectivity index (χ3v) is 4.51. The van der Waals surface area contributed by atoms with Gasteiger partial charge in [-0.25, -0.2) is 8.78 Å². The first kappa shape index (κ1) is 15.4. The summed E-state index contributed by atoms with van der Waals surface area (Å²) in [5.41, 5.74) is 0.795. The zero-order chi connectivity index (χ0) is 14.6. The van der Waals surface area contributed by atoms with Crippen LogP contribution in [0.3, 0.4) is 0 Å². The fourth-order valence-electron chi connectivity index (χ4n) is 2.18. The van der Waals surface area contributed by atoms with Gasteiger partial charge in [-0.05, 0) is 52.9 Å². The van der Waals surface area contributed by atoms with E-state index in [-0.39, 0.29) is 24.1 Å².